The number of thiophene rings is 1. The zero-order valence-corrected chi connectivity index (χ0v) is 19.7. The maximum atomic E-state index is 12.9. The SMILES string of the molecule is COc1c(Cl)cc(/C(O)=C2/C(=O)C(=O)N(CCCOC(C)C)C2c2cccs2)cc1Cl. The van der Waals surface area contributed by atoms with Gasteiger partial charge in [-0.05, 0) is 43.8 Å². The summed E-state index contributed by atoms with van der Waals surface area (Å²) in [6, 6.07) is 5.88. The monoisotopic (exact) mass is 483 g/mol. The van der Waals surface area contributed by atoms with Crippen LogP contribution in [0.25, 0.3) is 5.76 Å². The van der Waals surface area contributed by atoms with Gasteiger partial charge in [-0.3, -0.25) is 9.59 Å². The summed E-state index contributed by atoms with van der Waals surface area (Å²) in [7, 11) is 1.43. The van der Waals surface area contributed by atoms with E-state index < -0.39 is 17.7 Å². The molecule has 1 fully saturated rings. The number of ether oxygens (including phenoxy) is 2. The van der Waals surface area contributed by atoms with Crippen LogP contribution in [-0.2, 0) is 14.3 Å². The summed E-state index contributed by atoms with van der Waals surface area (Å²) in [4.78, 5) is 28.0. The third kappa shape index (κ3) is 4.90. The van der Waals surface area contributed by atoms with Crippen LogP contribution in [-0.4, -0.2) is 48.1 Å². The number of methoxy groups -OCH3 is 1. The van der Waals surface area contributed by atoms with Crippen molar-refractivity contribution in [2.75, 3.05) is 20.3 Å². The first kappa shape index (κ1) is 23.6. The summed E-state index contributed by atoms with van der Waals surface area (Å²) in [6.45, 7) is 4.65. The average molecular weight is 484 g/mol. The fraction of sp³-hybridized carbons (Fsp3) is 0.364. The van der Waals surface area contributed by atoms with Gasteiger partial charge < -0.3 is 19.5 Å². The molecule has 0 saturated carbocycles. The van der Waals surface area contributed by atoms with Crippen LogP contribution in [0.5, 0.6) is 5.75 Å². The molecular formula is C22H23Cl2NO5S. The van der Waals surface area contributed by atoms with E-state index in [-0.39, 0.29) is 38.8 Å². The van der Waals surface area contributed by atoms with Gasteiger partial charge >= 0.3 is 0 Å². The van der Waals surface area contributed by atoms with E-state index in [4.69, 9.17) is 32.7 Å². The molecule has 6 nitrogen and oxygen atoms in total. The molecule has 3 rings (SSSR count). The van der Waals surface area contributed by atoms with Crippen LogP contribution in [0.2, 0.25) is 10.0 Å². The van der Waals surface area contributed by atoms with Crippen molar-refractivity contribution < 1.29 is 24.2 Å². The Morgan fingerprint density at radius 2 is 1.94 bits per heavy atom. The van der Waals surface area contributed by atoms with Crippen molar-refractivity contribution in [3.63, 3.8) is 0 Å². The number of likely N-dealkylation sites (tertiary alicyclic amines) is 1. The van der Waals surface area contributed by atoms with E-state index in [1.54, 1.807) is 0 Å². The summed E-state index contributed by atoms with van der Waals surface area (Å²) < 4.78 is 10.7. The minimum absolute atomic E-state index is 0.00882. The summed E-state index contributed by atoms with van der Waals surface area (Å²) in [6.07, 6.45) is 0.640. The predicted octanol–water partition coefficient (Wildman–Crippen LogP) is 5.30. The van der Waals surface area contributed by atoms with Crippen LogP contribution in [0, 0.1) is 0 Å². The number of benzene rings is 1. The van der Waals surface area contributed by atoms with Gasteiger partial charge in [0.1, 0.15) is 5.76 Å². The van der Waals surface area contributed by atoms with E-state index in [0.29, 0.717) is 19.6 Å². The molecule has 9 heteroatoms. The fourth-order valence-corrected chi connectivity index (χ4v) is 4.94. The zero-order valence-electron chi connectivity index (χ0n) is 17.4. The molecule has 31 heavy (non-hydrogen) atoms. The molecule has 1 saturated heterocycles. The number of aliphatic hydroxyl groups is 1. The van der Waals surface area contributed by atoms with Crippen LogP contribution < -0.4 is 4.74 Å². The van der Waals surface area contributed by atoms with Crippen LogP contribution in [0.1, 0.15) is 36.8 Å². The average Bonchev–Trinajstić information content (AvgIpc) is 3.32. The molecule has 1 unspecified atom stereocenters. The first-order chi connectivity index (χ1) is 14.8. The number of hydrogen-bond donors (Lipinski definition) is 1. The number of rotatable bonds is 8. The van der Waals surface area contributed by atoms with Gasteiger partial charge in [0, 0.05) is 23.6 Å². The molecule has 1 amide bonds. The Hall–Kier alpha value is -2.06. The molecule has 1 atom stereocenters. The standard InChI is InChI=1S/C22H23Cl2NO5S/c1-12(2)30-8-5-7-25-18(16-6-4-9-31-16)17(20(27)22(25)28)19(26)13-10-14(23)21(29-3)15(24)11-13/h4,6,9-12,18,26H,5,7-8H2,1-3H3/b19-17-. The van der Waals surface area contributed by atoms with E-state index in [1.807, 2.05) is 31.4 Å². The van der Waals surface area contributed by atoms with Gasteiger partial charge in [-0.15, -0.1) is 11.3 Å². The lowest BCUT2D eigenvalue weighted by molar-refractivity contribution is -0.140. The lowest BCUT2D eigenvalue weighted by Crippen LogP contribution is -2.31. The van der Waals surface area contributed by atoms with Crippen molar-refractivity contribution in [3.8, 4) is 5.75 Å². The van der Waals surface area contributed by atoms with Gasteiger partial charge in [-0.2, -0.15) is 0 Å². The first-order valence-electron chi connectivity index (χ1n) is 9.73. The van der Waals surface area contributed by atoms with Crippen molar-refractivity contribution in [2.24, 2.45) is 0 Å². The number of aliphatic hydroxyl groups excluding tert-OH is 1. The largest absolute Gasteiger partial charge is 0.507 e. The molecule has 166 valence electrons. The number of carbonyl (C=O) groups is 2. The number of halogens is 2. The maximum absolute atomic E-state index is 12.9. The van der Waals surface area contributed by atoms with E-state index in [0.717, 1.165) is 4.88 Å². The van der Waals surface area contributed by atoms with E-state index in [2.05, 4.69) is 0 Å². The molecule has 0 aliphatic carbocycles. The predicted molar refractivity (Wildman–Crippen MR) is 122 cm³/mol. The fourth-order valence-electron chi connectivity index (χ4n) is 3.45. The van der Waals surface area contributed by atoms with E-state index in [1.165, 1.54) is 35.5 Å². The summed E-state index contributed by atoms with van der Waals surface area (Å²) in [5, 5.41) is 13.3. The van der Waals surface area contributed by atoms with Crippen molar-refractivity contribution in [1.82, 2.24) is 4.90 Å². The number of hydrogen-bond acceptors (Lipinski definition) is 6. The number of nitrogens with zero attached hydrogens (tertiary/aromatic N) is 1. The molecule has 1 aliphatic heterocycles. The van der Waals surface area contributed by atoms with Gasteiger partial charge in [0.2, 0.25) is 0 Å². The Morgan fingerprint density at radius 1 is 1.26 bits per heavy atom. The second-order valence-corrected chi connectivity index (χ2v) is 9.05. The van der Waals surface area contributed by atoms with Gasteiger partial charge in [-0.1, -0.05) is 29.3 Å². The molecular weight excluding hydrogens is 461 g/mol. The van der Waals surface area contributed by atoms with Crippen molar-refractivity contribution in [3.05, 3.63) is 55.7 Å². The topological polar surface area (TPSA) is 76.1 Å². The minimum atomic E-state index is -0.747. The highest BCUT2D eigenvalue weighted by atomic mass is 35.5. The Labute approximate surface area is 195 Å². The van der Waals surface area contributed by atoms with Crippen molar-refractivity contribution in [2.45, 2.75) is 32.4 Å². The van der Waals surface area contributed by atoms with Crippen LogP contribution in [0.4, 0.5) is 0 Å². The number of Topliss-reactive ketones (excluding diaryl/α,β-unsaturated/α-hetero) is 1. The molecule has 1 aliphatic rings. The summed E-state index contributed by atoms with van der Waals surface area (Å²) in [5.41, 5.74) is 0.244. The Morgan fingerprint density at radius 3 is 2.48 bits per heavy atom. The molecule has 0 radical (unpaired) electrons. The molecule has 1 N–H and O–H groups in total. The lowest BCUT2D eigenvalue weighted by atomic mass is 9.99. The highest BCUT2D eigenvalue weighted by Gasteiger charge is 2.46. The van der Waals surface area contributed by atoms with Gasteiger partial charge in [0.25, 0.3) is 11.7 Å². The van der Waals surface area contributed by atoms with Crippen LogP contribution in [0.3, 0.4) is 0 Å². The normalized spacial score (nSPS) is 18.3. The quantitative estimate of drug-likeness (QED) is 0.238. The van der Waals surface area contributed by atoms with Gasteiger partial charge in [-0.25, -0.2) is 0 Å². The number of carbonyl (C=O) groups excluding carboxylic acids is 2. The van der Waals surface area contributed by atoms with Gasteiger partial charge in [0.15, 0.2) is 5.75 Å². The molecule has 1 aromatic carbocycles. The van der Waals surface area contributed by atoms with E-state index in [9.17, 15) is 14.7 Å². The maximum Gasteiger partial charge on any atom is 0.295 e. The Bertz CT molecular complexity index is 980. The minimum Gasteiger partial charge on any atom is -0.507 e. The highest BCUT2D eigenvalue weighted by Crippen LogP contribution is 2.43. The third-order valence-electron chi connectivity index (χ3n) is 4.82. The summed E-state index contributed by atoms with van der Waals surface area (Å²) >= 11 is 13.8. The second-order valence-electron chi connectivity index (χ2n) is 7.25. The smallest absolute Gasteiger partial charge is 0.295 e. The molecule has 0 spiro atoms. The number of ketones is 1. The van der Waals surface area contributed by atoms with Crippen LogP contribution in [0.15, 0.2) is 35.2 Å². The lowest BCUT2D eigenvalue weighted by Gasteiger charge is -2.24. The zero-order chi connectivity index (χ0) is 22.7. The van der Waals surface area contributed by atoms with Gasteiger partial charge in [0.05, 0.1) is 34.9 Å². The first-order valence-corrected chi connectivity index (χ1v) is 11.4. The molecule has 1 aromatic heterocycles. The molecule has 2 aromatic rings. The van der Waals surface area contributed by atoms with Crippen molar-refractivity contribution in [1.29, 1.82) is 0 Å². The second kappa shape index (κ2) is 10.0. The Balaban J connectivity index is 2.03. The molecule has 2 heterocycles. The van der Waals surface area contributed by atoms with Crippen molar-refractivity contribution >= 4 is 52.0 Å². The molecule has 0 bridgehead atoms. The van der Waals surface area contributed by atoms with E-state index >= 15 is 0 Å². The van der Waals surface area contributed by atoms with Crippen LogP contribution >= 0.6 is 34.5 Å². The summed E-state index contributed by atoms with van der Waals surface area (Å²) in [5.74, 6) is -1.47. The Kier molecular flexibility index (Phi) is 7.64. The third-order valence-corrected chi connectivity index (χ3v) is 6.31. The number of amides is 1. The highest BCUT2D eigenvalue weighted by molar-refractivity contribution is 7.10.